The summed E-state index contributed by atoms with van der Waals surface area (Å²) in [6.07, 6.45) is 2.46. The predicted octanol–water partition coefficient (Wildman–Crippen LogP) is 1.26. The number of hydrogen-bond donors (Lipinski definition) is 1. The third-order valence-corrected chi connectivity index (χ3v) is 2.80. The number of aliphatic hydroxyl groups excluding tert-OH is 1. The molecule has 2 unspecified atom stereocenters. The quantitative estimate of drug-likeness (QED) is 0.568. The van der Waals surface area contributed by atoms with Crippen molar-refractivity contribution in [3.8, 4) is 0 Å². The lowest BCUT2D eigenvalue weighted by atomic mass is 9.92. The van der Waals surface area contributed by atoms with E-state index in [9.17, 15) is 9.90 Å². The van der Waals surface area contributed by atoms with Gasteiger partial charge in [-0.25, -0.2) is 4.79 Å². The maximum absolute atomic E-state index is 11.7. The lowest BCUT2D eigenvalue weighted by molar-refractivity contribution is -0.195. The second-order valence-corrected chi connectivity index (χ2v) is 4.10. The molecule has 1 fully saturated rings. The van der Waals surface area contributed by atoms with Gasteiger partial charge in [-0.05, 0) is 26.2 Å². The summed E-state index contributed by atoms with van der Waals surface area (Å²) in [4.78, 5) is 11.7. The van der Waals surface area contributed by atoms with Gasteiger partial charge in [-0.3, -0.25) is 0 Å². The Kier molecular flexibility index (Phi) is 4.54. The second kappa shape index (κ2) is 5.47. The SMILES string of the molecule is CCCCOC(=O)C1(C)OCCCC1O. The molecular weight excluding hydrogens is 196 g/mol. The molecule has 1 aliphatic heterocycles. The van der Waals surface area contributed by atoms with Crippen LogP contribution in [0.2, 0.25) is 0 Å². The molecule has 0 aromatic heterocycles. The zero-order valence-electron chi connectivity index (χ0n) is 9.49. The van der Waals surface area contributed by atoms with Crippen molar-refractivity contribution in [2.75, 3.05) is 13.2 Å². The molecule has 2 atom stereocenters. The molecule has 1 heterocycles. The number of unbranched alkanes of at least 4 members (excludes halogenated alkanes) is 1. The average Bonchev–Trinajstić information content (AvgIpc) is 2.23. The first-order chi connectivity index (χ1) is 7.11. The van der Waals surface area contributed by atoms with E-state index < -0.39 is 17.7 Å². The second-order valence-electron chi connectivity index (χ2n) is 4.10. The van der Waals surface area contributed by atoms with Gasteiger partial charge < -0.3 is 14.6 Å². The van der Waals surface area contributed by atoms with Gasteiger partial charge in [-0.2, -0.15) is 0 Å². The van der Waals surface area contributed by atoms with Crippen molar-refractivity contribution in [1.29, 1.82) is 0 Å². The van der Waals surface area contributed by atoms with Gasteiger partial charge in [0.2, 0.25) is 0 Å². The summed E-state index contributed by atoms with van der Waals surface area (Å²) in [5.74, 6) is -0.442. The normalized spacial score (nSPS) is 31.3. The number of hydrogen-bond acceptors (Lipinski definition) is 4. The third-order valence-electron chi connectivity index (χ3n) is 2.80. The van der Waals surface area contributed by atoms with E-state index in [0.717, 1.165) is 19.3 Å². The van der Waals surface area contributed by atoms with Gasteiger partial charge in [-0.1, -0.05) is 13.3 Å². The van der Waals surface area contributed by atoms with Crippen LogP contribution in [0, 0.1) is 0 Å². The highest BCUT2D eigenvalue weighted by atomic mass is 16.6. The Labute approximate surface area is 90.6 Å². The number of carbonyl (C=O) groups is 1. The first-order valence-corrected chi connectivity index (χ1v) is 5.60. The van der Waals surface area contributed by atoms with E-state index >= 15 is 0 Å². The molecule has 0 spiro atoms. The molecule has 15 heavy (non-hydrogen) atoms. The Morgan fingerprint density at radius 1 is 1.67 bits per heavy atom. The summed E-state index contributed by atoms with van der Waals surface area (Å²) >= 11 is 0. The van der Waals surface area contributed by atoms with Crippen LogP contribution in [-0.2, 0) is 14.3 Å². The Balaban J connectivity index is 2.47. The summed E-state index contributed by atoms with van der Waals surface area (Å²) in [6.45, 7) is 4.55. The molecule has 0 radical (unpaired) electrons. The fourth-order valence-electron chi connectivity index (χ4n) is 1.58. The molecule has 1 aliphatic rings. The minimum Gasteiger partial charge on any atom is -0.463 e. The number of aliphatic hydroxyl groups is 1. The van der Waals surface area contributed by atoms with Crippen molar-refractivity contribution in [1.82, 2.24) is 0 Å². The van der Waals surface area contributed by atoms with Crippen molar-refractivity contribution in [3.63, 3.8) is 0 Å². The van der Waals surface area contributed by atoms with Crippen molar-refractivity contribution in [3.05, 3.63) is 0 Å². The Morgan fingerprint density at radius 2 is 2.40 bits per heavy atom. The standard InChI is InChI=1S/C11H20O4/c1-3-4-7-14-10(13)11(2)9(12)6-5-8-15-11/h9,12H,3-8H2,1-2H3. The molecular formula is C11H20O4. The third kappa shape index (κ3) is 2.92. The summed E-state index contributed by atoms with van der Waals surface area (Å²) in [5.41, 5.74) is -1.16. The van der Waals surface area contributed by atoms with Crippen LogP contribution in [0.15, 0.2) is 0 Å². The Bertz CT molecular complexity index is 217. The number of carbonyl (C=O) groups excluding carboxylic acids is 1. The average molecular weight is 216 g/mol. The molecule has 0 aromatic rings. The van der Waals surface area contributed by atoms with Gasteiger partial charge in [-0.15, -0.1) is 0 Å². The van der Waals surface area contributed by atoms with E-state index in [1.807, 2.05) is 6.92 Å². The van der Waals surface area contributed by atoms with E-state index in [0.29, 0.717) is 19.6 Å². The van der Waals surface area contributed by atoms with Crippen molar-refractivity contribution in [2.45, 2.75) is 51.2 Å². The minimum absolute atomic E-state index is 0.404. The molecule has 4 heteroatoms. The molecule has 1 saturated heterocycles. The molecule has 0 saturated carbocycles. The summed E-state index contributed by atoms with van der Waals surface area (Å²) in [7, 11) is 0. The van der Waals surface area contributed by atoms with Crippen LogP contribution >= 0.6 is 0 Å². The molecule has 1 rings (SSSR count). The van der Waals surface area contributed by atoms with Crippen LogP contribution in [0.3, 0.4) is 0 Å². The smallest absolute Gasteiger partial charge is 0.340 e. The zero-order valence-corrected chi connectivity index (χ0v) is 9.49. The van der Waals surface area contributed by atoms with Crippen LogP contribution in [0.25, 0.3) is 0 Å². The molecule has 0 amide bonds. The van der Waals surface area contributed by atoms with Crippen molar-refractivity contribution in [2.24, 2.45) is 0 Å². The summed E-state index contributed by atoms with van der Waals surface area (Å²) < 4.78 is 10.4. The van der Waals surface area contributed by atoms with Crippen molar-refractivity contribution >= 4 is 5.97 Å². The predicted molar refractivity (Wildman–Crippen MR) is 55.5 cm³/mol. The van der Waals surface area contributed by atoms with Crippen LogP contribution in [0.4, 0.5) is 0 Å². The first kappa shape index (κ1) is 12.5. The first-order valence-electron chi connectivity index (χ1n) is 5.60. The number of rotatable bonds is 4. The van der Waals surface area contributed by atoms with Gasteiger partial charge in [0.25, 0.3) is 0 Å². The van der Waals surface area contributed by atoms with E-state index in [-0.39, 0.29) is 0 Å². The zero-order chi connectivity index (χ0) is 11.3. The van der Waals surface area contributed by atoms with Crippen molar-refractivity contribution < 1.29 is 19.4 Å². The summed E-state index contributed by atoms with van der Waals surface area (Å²) in [6, 6.07) is 0. The fourth-order valence-corrected chi connectivity index (χ4v) is 1.58. The van der Waals surface area contributed by atoms with Gasteiger partial charge >= 0.3 is 5.97 Å². The molecule has 1 N–H and O–H groups in total. The van der Waals surface area contributed by atoms with Gasteiger partial charge in [0.05, 0.1) is 12.7 Å². The van der Waals surface area contributed by atoms with E-state index in [4.69, 9.17) is 9.47 Å². The monoisotopic (exact) mass is 216 g/mol. The number of ether oxygens (including phenoxy) is 2. The highest BCUT2D eigenvalue weighted by molar-refractivity contribution is 5.80. The van der Waals surface area contributed by atoms with Crippen LogP contribution < -0.4 is 0 Å². The molecule has 4 nitrogen and oxygen atoms in total. The molecule has 0 aliphatic carbocycles. The van der Waals surface area contributed by atoms with Crippen LogP contribution in [-0.4, -0.2) is 36.0 Å². The minimum atomic E-state index is -1.16. The summed E-state index contributed by atoms with van der Waals surface area (Å²) in [5, 5.41) is 9.73. The van der Waals surface area contributed by atoms with Gasteiger partial charge in [0.1, 0.15) is 0 Å². The molecule has 0 aromatic carbocycles. The number of esters is 1. The molecule has 0 bridgehead atoms. The lowest BCUT2D eigenvalue weighted by Gasteiger charge is -2.35. The topological polar surface area (TPSA) is 55.8 Å². The van der Waals surface area contributed by atoms with E-state index in [1.54, 1.807) is 6.92 Å². The van der Waals surface area contributed by atoms with Gasteiger partial charge in [0.15, 0.2) is 5.60 Å². The maximum Gasteiger partial charge on any atom is 0.340 e. The van der Waals surface area contributed by atoms with Gasteiger partial charge in [0, 0.05) is 6.61 Å². The largest absolute Gasteiger partial charge is 0.463 e. The Morgan fingerprint density at radius 3 is 3.00 bits per heavy atom. The van der Waals surface area contributed by atoms with Crippen LogP contribution in [0.1, 0.15) is 39.5 Å². The molecule has 88 valence electrons. The lowest BCUT2D eigenvalue weighted by Crippen LogP contribution is -2.52. The van der Waals surface area contributed by atoms with Crippen LogP contribution in [0.5, 0.6) is 0 Å². The maximum atomic E-state index is 11.7. The highest BCUT2D eigenvalue weighted by Gasteiger charge is 2.45. The van der Waals surface area contributed by atoms with E-state index in [1.165, 1.54) is 0 Å². The Hall–Kier alpha value is -0.610. The highest BCUT2D eigenvalue weighted by Crippen LogP contribution is 2.26. The van der Waals surface area contributed by atoms with E-state index in [2.05, 4.69) is 0 Å². The fraction of sp³-hybridized carbons (Fsp3) is 0.909.